The van der Waals surface area contributed by atoms with Crippen molar-refractivity contribution in [2.75, 3.05) is 6.79 Å². The van der Waals surface area contributed by atoms with Gasteiger partial charge in [0.2, 0.25) is 6.79 Å². The van der Waals surface area contributed by atoms with Crippen LogP contribution in [0.2, 0.25) is 0 Å². The Morgan fingerprint density at radius 2 is 2.00 bits per heavy atom. The average molecular weight is 215 g/mol. The van der Waals surface area contributed by atoms with E-state index in [0.717, 1.165) is 11.3 Å². The quantitative estimate of drug-likeness (QED) is 0.792. The molecule has 1 aliphatic heterocycles. The SMILES string of the molecule is Oc1cccnc1-c1ccc2c(c1)OCO2. The number of fused-ring (bicyclic) bond motifs is 1. The van der Waals surface area contributed by atoms with Gasteiger partial charge in [0.05, 0.1) is 0 Å². The third-order valence-electron chi connectivity index (χ3n) is 2.43. The second-order valence-corrected chi connectivity index (χ2v) is 3.44. The van der Waals surface area contributed by atoms with E-state index in [4.69, 9.17) is 9.47 Å². The number of aromatic hydroxyl groups is 1. The first-order valence-electron chi connectivity index (χ1n) is 4.88. The molecule has 0 saturated carbocycles. The van der Waals surface area contributed by atoms with Crippen molar-refractivity contribution in [2.45, 2.75) is 0 Å². The minimum Gasteiger partial charge on any atom is -0.506 e. The maximum Gasteiger partial charge on any atom is 0.231 e. The molecule has 1 N–H and O–H groups in total. The standard InChI is InChI=1S/C12H9NO3/c14-9-2-1-5-13-12(9)8-3-4-10-11(6-8)16-7-15-10/h1-6,14H,7H2. The molecule has 0 radical (unpaired) electrons. The maximum absolute atomic E-state index is 9.68. The molecular formula is C12H9NO3. The first kappa shape index (κ1) is 9.03. The Morgan fingerprint density at radius 1 is 1.12 bits per heavy atom. The highest BCUT2D eigenvalue weighted by Crippen LogP contribution is 2.37. The number of ether oxygens (including phenoxy) is 2. The van der Waals surface area contributed by atoms with Gasteiger partial charge in [-0.15, -0.1) is 0 Å². The highest BCUT2D eigenvalue weighted by molar-refractivity contribution is 5.69. The molecule has 16 heavy (non-hydrogen) atoms. The summed E-state index contributed by atoms with van der Waals surface area (Å²) in [6, 6.07) is 8.75. The van der Waals surface area contributed by atoms with Gasteiger partial charge in [-0.2, -0.15) is 0 Å². The summed E-state index contributed by atoms with van der Waals surface area (Å²) in [4.78, 5) is 4.13. The summed E-state index contributed by atoms with van der Waals surface area (Å²) < 4.78 is 10.5. The molecule has 80 valence electrons. The fourth-order valence-corrected chi connectivity index (χ4v) is 1.66. The Bertz CT molecular complexity index is 540. The van der Waals surface area contributed by atoms with Crippen LogP contribution >= 0.6 is 0 Å². The Morgan fingerprint density at radius 3 is 2.88 bits per heavy atom. The lowest BCUT2D eigenvalue weighted by molar-refractivity contribution is 0.174. The van der Waals surface area contributed by atoms with Gasteiger partial charge in [-0.1, -0.05) is 0 Å². The van der Waals surface area contributed by atoms with Crippen molar-refractivity contribution >= 4 is 0 Å². The molecule has 1 aliphatic rings. The molecular weight excluding hydrogens is 206 g/mol. The molecule has 0 saturated heterocycles. The van der Waals surface area contributed by atoms with Gasteiger partial charge in [0.15, 0.2) is 11.5 Å². The van der Waals surface area contributed by atoms with E-state index in [9.17, 15) is 5.11 Å². The van der Waals surface area contributed by atoms with Crippen LogP contribution in [-0.4, -0.2) is 16.9 Å². The van der Waals surface area contributed by atoms with E-state index in [1.807, 2.05) is 18.2 Å². The van der Waals surface area contributed by atoms with Crippen LogP contribution in [0.4, 0.5) is 0 Å². The highest BCUT2D eigenvalue weighted by Gasteiger charge is 2.15. The summed E-state index contributed by atoms with van der Waals surface area (Å²) in [7, 11) is 0. The Hall–Kier alpha value is -2.23. The predicted molar refractivity (Wildman–Crippen MR) is 57.5 cm³/mol. The molecule has 0 fully saturated rings. The molecule has 2 aromatic rings. The van der Waals surface area contributed by atoms with Crippen molar-refractivity contribution in [3.05, 3.63) is 36.5 Å². The van der Waals surface area contributed by atoms with Crippen molar-refractivity contribution in [2.24, 2.45) is 0 Å². The zero-order valence-corrected chi connectivity index (χ0v) is 8.38. The van der Waals surface area contributed by atoms with Crippen molar-refractivity contribution in [1.82, 2.24) is 4.98 Å². The lowest BCUT2D eigenvalue weighted by atomic mass is 10.1. The first-order chi connectivity index (χ1) is 7.84. The van der Waals surface area contributed by atoms with Gasteiger partial charge in [0.1, 0.15) is 11.4 Å². The number of benzene rings is 1. The number of rotatable bonds is 1. The van der Waals surface area contributed by atoms with Crippen molar-refractivity contribution in [3.63, 3.8) is 0 Å². The van der Waals surface area contributed by atoms with E-state index in [-0.39, 0.29) is 12.5 Å². The van der Waals surface area contributed by atoms with Crippen molar-refractivity contribution < 1.29 is 14.6 Å². The van der Waals surface area contributed by atoms with Crippen LogP contribution in [0, 0.1) is 0 Å². The van der Waals surface area contributed by atoms with Crippen LogP contribution in [0.5, 0.6) is 17.2 Å². The number of aromatic nitrogens is 1. The van der Waals surface area contributed by atoms with Gasteiger partial charge in [-0.05, 0) is 30.3 Å². The van der Waals surface area contributed by atoms with E-state index < -0.39 is 0 Å². The van der Waals surface area contributed by atoms with Gasteiger partial charge in [-0.25, -0.2) is 0 Å². The Balaban J connectivity index is 2.11. The number of hydrogen-bond donors (Lipinski definition) is 1. The fourth-order valence-electron chi connectivity index (χ4n) is 1.66. The summed E-state index contributed by atoms with van der Waals surface area (Å²) in [6.45, 7) is 0.243. The number of nitrogens with zero attached hydrogens (tertiary/aromatic N) is 1. The van der Waals surface area contributed by atoms with Gasteiger partial charge < -0.3 is 14.6 Å². The molecule has 1 aromatic heterocycles. The molecule has 3 rings (SSSR count). The third kappa shape index (κ3) is 1.35. The molecule has 4 heteroatoms. The summed E-state index contributed by atoms with van der Waals surface area (Å²) >= 11 is 0. The molecule has 2 heterocycles. The average Bonchev–Trinajstić information content (AvgIpc) is 2.76. The highest BCUT2D eigenvalue weighted by atomic mass is 16.7. The van der Waals surface area contributed by atoms with E-state index in [0.29, 0.717) is 11.4 Å². The van der Waals surface area contributed by atoms with E-state index in [2.05, 4.69) is 4.98 Å². The van der Waals surface area contributed by atoms with Crippen LogP contribution in [0.25, 0.3) is 11.3 Å². The molecule has 0 aliphatic carbocycles. The monoisotopic (exact) mass is 215 g/mol. The summed E-state index contributed by atoms with van der Waals surface area (Å²) in [5, 5.41) is 9.68. The van der Waals surface area contributed by atoms with E-state index >= 15 is 0 Å². The van der Waals surface area contributed by atoms with Gasteiger partial charge in [0, 0.05) is 11.8 Å². The van der Waals surface area contributed by atoms with Crippen LogP contribution in [0.1, 0.15) is 0 Å². The topological polar surface area (TPSA) is 51.6 Å². The lowest BCUT2D eigenvalue weighted by Crippen LogP contribution is -1.92. The smallest absolute Gasteiger partial charge is 0.231 e. The molecule has 0 atom stereocenters. The van der Waals surface area contributed by atoms with Gasteiger partial charge >= 0.3 is 0 Å². The molecule has 0 bridgehead atoms. The first-order valence-corrected chi connectivity index (χ1v) is 4.88. The normalized spacial score (nSPS) is 12.8. The summed E-state index contributed by atoms with van der Waals surface area (Å²) in [5.74, 6) is 1.56. The van der Waals surface area contributed by atoms with Crippen LogP contribution < -0.4 is 9.47 Å². The molecule has 1 aromatic carbocycles. The Kier molecular flexibility index (Phi) is 1.93. The second kappa shape index (κ2) is 3.41. The summed E-state index contributed by atoms with van der Waals surface area (Å²) in [6.07, 6.45) is 1.64. The zero-order chi connectivity index (χ0) is 11.0. The van der Waals surface area contributed by atoms with Crippen molar-refractivity contribution in [3.8, 4) is 28.5 Å². The zero-order valence-electron chi connectivity index (χ0n) is 8.38. The lowest BCUT2D eigenvalue weighted by Gasteiger charge is -2.04. The predicted octanol–water partition coefficient (Wildman–Crippen LogP) is 2.18. The molecule has 4 nitrogen and oxygen atoms in total. The van der Waals surface area contributed by atoms with Gasteiger partial charge in [0.25, 0.3) is 0 Å². The largest absolute Gasteiger partial charge is 0.506 e. The second-order valence-electron chi connectivity index (χ2n) is 3.44. The van der Waals surface area contributed by atoms with E-state index in [1.165, 1.54) is 0 Å². The number of pyridine rings is 1. The minimum atomic E-state index is 0.154. The van der Waals surface area contributed by atoms with Crippen LogP contribution in [0.15, 0.2) is 36.5 Å². The van der Waals surface area contributed by atoms with E-state index in [1.54, 1.807) is 18.3 Å². The molecule has 0 unspecified atom stereocenters. The van der Waals surface area contributed by atoms with Crippen LogP contribution in [0.3, 0.4) is 0 Å². The summed E-state index contributed by atoms with van der Waals surface area (Å²) in [5.41, 5.74) is 1.35. The van der Waals surface area contributed by atoms with Gasteiger partial charge in [-0.3, -0.25) is 4.98 Å². The van der Waals surface area contributed by atoms with Crippen molar-refractivity contribution in [1.29, 1.82) is 0 Å². The Labute approximate surface area is 92.1 Å². The number of hydrogen-bond acceptors (Lipinski definition) is 4. The minimum absolute atomic E-state index is 0.154. The van der Waals surface area contributed by atoms with Crippen LogP contribution in [-0.2, 0) is 0 Å². The maximum atomic E-state index is 9.68. The molecule has 0 amide bonds. The third-order valence-corrected chi connectivity index (χ3v) is 2.43. The fraction of sp³-hybridized carbons (Fsp3) is 0.0833. The molecule has 0 spiro atoms.